The summed E-state index contributed by atoms with van der Waals surface area (Å²) in [4.78, 5) is 25.1. The van der Waals surface area contributed by atoms with Crippen molar-refractivity contribution in [1.29, 1.82) is 0 Å². The van der Waals surface area contributed by atoms with Gasteiger partial charge in [0.1, 0.15) is 0 Å². The van der Waals surface area contributed by atoms with E-state index < -0.39 is 17.6 Å². The minimum atomic E-state index is -4.53. The molecule has 0 saturated heterocycles. The average Bonchev–Trinajstić information content (AvgIpc) is 3.19. The summed E-state index contributed by atoms with van der Waals surface area (Å²) in [7, 11) is 1.30. The number of methoxy groups -OCH3 is 1. The molecule has 2 amide bonds. The maximum Gasteiger partial charge on any atom is 0.416 e. The SMILES string of the molecule is COc1cn(-c2cccc(C(F)(F)F)c2)nc1C(=O)Nc1cc(C(=O)NC(C)C)ccc1Cl. The van der Waals surface area contributed by atoms with E-state index in [1.54, 1.807) is 0 Å². The summed E-state index contributed by atoms with van der Waals surface area (Å²) < 4.78 is 45.4. The van der Waals surface area contributed by atoms with Crippen LogP contribution in [0.5, 0.6) is 5.75 Å². The Labute approximate surface area is 192 Å². The van der Waals surface area contributed by atoms with Gasteiger partial charge in [0, 0.05) is 11.6 Å². The molecule has 3 rings (SSSR count). The van der Waals surface area contributed by atoms with Gasteiger partial charge in [-0.05, 0) is 50.2 Å². The molecule has 0 radical (unpaired) electrons. The fraction of sp³-hybridized carbons (Fsp3) is 0.227. The summed E-state index contributed by atoms with van der Waals surface area (Å²) in [5.41, 5.74) is -0.502. The Bertz CT molecular complexity index is 1190. The number of alkyl halides is 3. The first kappa shape index (κ1) is 24.1. The first-order valence-corrected chi connectivity index (χ1v) is 10.1. The second-order valence-electron chi connectivity index (χ2n) is 7.32. The Morgan fingerprint density at radius 2 is 1.85 bits per heavy atom. The molecule has 0 unspecified atom stereocenters. The molecule has 0 fully saturated rings. The van der Waals surface area contributed by atoms with Crippen molar-refractivity contribution in [3.8, 4) is 11.4 Å². The van der Waals surface area contributed by atoms with Crippen LogP contribution in [0.15, 0.2) is 48.7 Å². The fourth-order valence-corrected chi connectivity index (χ4v) is 3.08. The largest absolute Gasteiger partial charge is 0.493 e. The van der Waals surface area contributed by atoms with Crippen LogP contribution in [0.4, 0.5) is 18.9 Å². The quantitative estimate of drug-likeness (QED) is 0.523. The molecule has 11 heteroatoms. The van der Waals surface area contributed by atoms with E-state index in [0.717, 1.165) is 16.8 Å². The zero-order chi connectivity index (χ0) is 24.3. The second kappa shape index (κ2) is 9.53. The van der Waals surface area contributed by atoms with Gasteiger partial charge in [-0.2, -0.15) is 18.3 Å². The number of carbonyl (C=O) groups is 2. The van der Waals surface area contributed by atoms with E-state index in [1.807, 2.05) is 13.8 Å². The van der Waals surface area contributed by atoms with Gasteiger partial charge in [0.05, 0.1) is 35.3 Å². The van der Waals surface area contributed by atoms with Crippen molar-refractivity contribution in [2.75, 3.05) is 12.4 Å². The van der Waals surface area contributed by atoms with Crippen LogP contribution >= 0.6 is 11.6 Å². The molecule has 0 aliphatic heterocycles. The van der Waals surface area contributed by atoms with Crippen LogP contribution in [0, 0.1) is 0 Å². The van der Waals surface area contributed by atoms with Crippen molar-refractivity contribution in [2.45, 2.75) is 26.1 Å². The molecule has 0 aliphatic carbocycles. The molecule has 33 heavy (non-hydrogen) atoms. The van der Waals surface area contributed by atoms with E-state index in [2.05, 4.69) is 15.7 Å². The summed E-state index contributed by atoms with van der Waals surface area (Å²) in [6.45, 7) is 3.62. The molecule has 0 spiro atoms. The Morgan fingerprint density at radius 1 is 1.12 bits per heavy atom. The highest BCUT2D eigenvalue weighted by molar-refractivity contribution is 6.34. The standard InChI is InChI=1S/C22H20ClF3N4O3/c1-12(2)27-20(31)13-7-8-16(23)17(9-13)28-21(32)19-18(33-3)11-30(29-19)15-6-4-5-14(10-15)22(24,25)26/h4-12H,1-3H3,(H,27,31)(H,28,32). The normalized spacial score (nSPS) is 11.4. The Hall–Kier alpha value is -3.53. The minimum Gasteiger partial charge on any atom is -0.493 e. The number of hydrogen-bond acceptors (Lipinski definition) is 4. The highest BCUT2D eigenvalue weighted by atomic mass is 35.5. The Kier molecular flexibility index (Phi) is 6.97. The number of hydrogen-bond donors (Lipinski definition) is 2. The van der Waals surface area contributed by atoms with E-state index in [1.165, 1.54) is 43.6 Å². The van der Waals surface area contributed by atoms with E-state index in [0.29, 0.717) is 0 Å². The van der Waals surface area contributed by atoms with E-state index in [9.17, 15) is 22.8 Å². The summed E-state index contributed by atoms with van der Waals surface area (Å²) in [5.74, 6) is -1.03. The third kappa shape index (κ3) is 5.64. The van der Waals surface area contributed by atoms with Crippen LogP contribution in [0.2, 0.25) is 5.02 Å². The topological polar surface area (TPSA) is 85.2 Å². The summed E-state index contributed by atoms with van der Waals surface area (Å²) >= 11 is 6.16. The third-order valence-corrected chi connectivity index (χ3v) is 4.78. The minimum absolute atomic E-state index is 0.0368. The lowest BCUT2D eigenvalue weighted by molar-refractivity contribution is -0.137. The highest BCUT2D eigenvalue weighted by Crippen LogP contribution is 2.31. The molecule has 2 aromatic carbocycles. The van der Waals surface area contributed by atoms with Crippen molar-refractivity contribution in [3.63, 3.8) is 0 Å². The predicted octanol–water partition coefficient (Wildman–Crippen LogP) is 4.94. The zero-order valence-electron chi connectivity index (χ0n) is 17.8. The lowest BCUT2D eigenvalue weighted by Gasteiger charge is -2.11. The third-order valence-electron chi connectivity index (χ3n) is 4.45. The van der Waals surface area contributed by atoms with Gasteiger partial charge in [0.15, 0.2) is 11.4 Å². The summed E-state index contributed by atoms with van der Waals surface area (Å²) in [5, 5.41) is 9.57. The van der Waals surface area contributed by atoms with Crippen molar-refractivity contribution < 1.29 is 27.5 Å². The van der Waals surface area contributed by atoms with Crippen molar-refractivity contribution in [1.82, 2.24) is 15.1 Å². The highest BCUT2D eigenvalue weighted by Gasteiger charge is 2.31. The molecule has 1 heterocycles. The van der Waals surface area contributed by atoms with Gasteiger partial charge >= 0.3 is 6.18 Å². The smallest absolute Gasteiger partial charge is 0.416 e. The van der Waals surface area contributed by atoms with Crippen molar-refractivity contribution in [2.24, 2.45) is 0 Å². The van der Waals surface area contributed by atoms with E-state index in [4.69, 9.17) is 16.3 Å². The summed E-state index contributed by atoms with van der Waals surface area (Å²) in [6.07, 6.45) is -3.24. The maximum absolute atomic E-state index is 13.0. The Morgan fingerprint density at radius 3 is 2.48 bits per heavy atom. The lowest BCUT2D eigenvalue weighted by Crippen LogP contribution is -2.30. The first-order valence-electron chi connectivity index (χ1n) is 9.72. The molecule has 2 N–H and O–H groups in total. The van der Waals surface area contributed by atoms with Crippen molar-refractivity contribution in [3.05, 3.63) is 70.5 Å². The molecular formula is C22H20ClF3N4O3. The molecule has 3 aromatic rings. The van der Waals surface area contributed by atoms with Crippen LogP contribution in [0.3, 0.4) is 0 Å². The number of anilines is 1. The molecule has 7 nitrogen and oxygen atoms in total. The number of nitrogens with zero attached hydrogens (tertiary/aromatic N) is 2. The van der Waals surface area contributed by atoms with E-state index >= 15 is 0 Å². The molecule has 0 bridgehead atoms. The number of aromatic nitrogens is 2. The summed E-state index contributed by atoms with van der Waals surface area (Å²) in [6, 6.07) is 8.79. The monoisotopic (exact) mass is 480 g/mol. The molecule has 0 saturated carbocycles. The molecule has 1 aromatic heterocycles. The van der Waals surface area contributed by atoms with Gasteiger partial charge in [0.2, 0.25) is 0 Å². The number of ether oxygens (including phenoxy) is 1. The second-order valence-corrected chi connectivity index (χ2v) is 7.72. The van der Waals surface area contributed by atoms with Gasteiger partial charge in [-0.1, -0.05) is 17.7 Å². The van der Waals surface area contributed by atoms with Crippen LogP contribution in [-0.4, -0.2) is 34.7 Å². The Balaban J connectivity index is 1.90. The maximum atomic E-state index is 13.0. The molecule has 174 valence electrons. The molecular weight excluding hydrogens is 461 g/mol. The van der Waals surface area contributed by atoms with Gasteiger partial charge in [-0.3, -0.25) is 9.59 Å². The van der Waals surface area contributed by atoms with Gasteiger partial charge < -0.3 is 15.4 Å². The number of benzene rings is 2. The number of halogens is 4. The zero-order valence-corrected chi connectivity index (χ0v) is 18.6. The molecule has 0 atom stereocenters. The predicted molar refractivity (Wildman–Crippen MR) is 117 cm³/mol. The van der Waals surface area contributed by atoms with E-state index in [-0.39, 0.29) is 45.4 Å². The number of rotatable bonds is 6. The number of nitrogens with one attached hydrogen (secondary N) is 2. The van der Waals surface area contributed by atoms with Crippen LogP contribution in [0.1, 0.15) is 40.3 Å². The average molecular weight is 481 g/mol. The van der Waals surface area contributed by atoms with Gasteiger partial charge in [-0.15, -0.1) is 0 Å². The number of carbonyl (C=O) groups excluding carboxylic acids is 2. The van der Waals surface area contributed by atoms with Crippen LogP contribution in [-0.2, 0) is 6.18 Å². The van der Waals surface area contributed by atoms with Crippen molar-refractivity contribution >= 4 is 29.1 Å². The lowest BCUT2D eigenvalue weighted by atomic mass is 10.1. The first-order chi connectivity index (χ1) is 15.5. The van der Waals surface area contributed by atoms with Crippen LogP contribution < -0.4 is 15.4 Å². The van der Waals surface area contributed by atoms with Gasteiger partial charge in [0.25, 0.3) is 11.8 Å². The fourth-order valence-electron chi connectivity index (χ4n) is 2.91. The van der Waals surface area contributed by atoms with Crippen LogP contribution in [0.25, 0.3) is 5.69 Å². The van der Waals surface area contributed by atoms with Gasteiger partial charge in [-0.25, -0.2) is 4.68 Å². The number of amides is 2. The molecule has 0 aliphatic rings.